The van der Waals surface area contributed by atoms with Crippen LogP contribution in [0.1, 0.15) is 11.1 Å². The molecule has 0 fully saturated rings. The van der Waals surface area contributed by atoms with Crippen LogP contribution in [0, 0.1) is 13.8 Å². The minimum atomic E-state index is -0.483. The van der Waals surface area contributed by atoms with Gasteiger partial charge in [-0.3, -0.25) is 0 Å². The van der Waals surface area contributed by atoms with Crippen molar-refractivity contribution >= 4 is 17.1 Å². The molecule has 4 rings (SSSR count). The van der Waals surface area contributed by atoms with Gasteiger partial charge in [0.15, 0.2) is 12.2 Å². The number of fused-ring (bicyclic) bond motifs is 1. The molecule has 5 nitrogen and oxygen atoms in total. The normalized spacial score (nSPS) is 10.8. The Bertz CT molecular complexity index is 1130. The summed E-state index contributed by atoms with van der Waals surface area (Å²) in [5, 5.41) is 0. The quantitative estimate of drug-likeness (QED) is 0.360. The van der Waals surface area contributed by atoms with Crippen LogP contribution in [0.4, 0.5) is 0 Å². The monoisotopic (exact) mass is 373 g/mol. The summed E-state index contributed by atoms with van der Waals surface area (Å²) in [5.41, 5.74) is 4.26. The summed E-state index contributed by atoms with van der Waals surface area (Å²) in [4.78, 5) is 16.6. The van der Waals surface area contributed by atoms with Gasteiger partial charge < -0.3 is 13.9 Å². The minimum Gasteiger partial charge on any atom is -0.482 e. The van der Waals surface area contributed by atoms with Crippen molar-refractivity contribution in [2.75, 3.05) is 6.61 Å². The molecule has 0 spiro atoms. The topological polar surface area (TPSA) is 61.6 Å². The first-order valence-electron chi connectivity index (χ1n) is 8.96. The highest BCUT2D eigenvalue weighted by atomic mass is 16.6. The Morgan fingerprint density at radius 1 is 1.00 bits per heavy atom. The van der Waals surface area contributed by atoms with Crippen LogP contribution in [0.2, 0.25) is 0 Å². The molecule has 0 saturated carbocycles. The third-order valence-electron chi connectivity index (χ3n) is 4.51. The van der Waals surface area contributed by atoms with Crippen molar-refractivity contribution in [2.24, 2.45) is 0 Å². The lowest BCUT2D eigenvalue weighted by Gasteiger charge is -2.10. The fourth-order valence-electron chi connectivity index (χ4n) is 2.85. The van der Waals surface area contributed by atoms with Crippen LogP contribution < -0.4 is 9.47 Å². The molecule has 28 heavy (non-hydrogen) atoms. The average molecular weight is 373 g/mol. The van der Waals surface area contributed by atoms with E-state index in [2.05, 4.69) is 4.98 Å². The second kappa shape index (κ2) is 7.56. The number of nitrogens with zero attached hydrogens (tertiary/aromatic N) is 1. The van der Waals surface area contributed by atoms with Crippen molar-refractivity contribution in [2.45, 2.75) is 13.8 Å². The van der Waals surface area contributed by atoms with E-state index in [1.807, 2.05) is 62.4 Å². The van der Waals surface area contributed by atoms with Gasteiger partial charge in [0.25, 0.3) is 0 Å². The highest BCUT2D eigenvalue weighted by Crippen LogP contribution is 2.27. The molecule has 0 saturated heterocycles. The number of hydrogen-bond donors (Lipinski definition) is 0. The number of carbonyl (C=O) groups excluding carboxylic acids is 1. The predicted molar refractivity (Wildman–Crippen MR) is 106 cm³/mol. The van der Waals surface area contributed by atoms with Crippen LogP contribution in [-0.2, 0) is 4.79 Å². The third-order valence-corrected chi connectivity index (χ3v) is 4.51. The number of benzene rings is 3. The van der Waals surface area contributed by atoms with E-state index in [0.717, 1.165) is 16.7 Å². The zero-order valence-electron chi connectivity index (χ0n) is 15.6. The molecule has 0 aliphatic rings. The van der Waals surface area contributed by atoms with Gasteiger partial charge in [-0.05, 0) is 55.3 Å². The fourth-order valence-corrected chi connectivity index (χ4v) is 2.85. The van der Waals surface area contributed by atoms with Crippen molar-refractivity contribution in [3.8, 4) is 23.0 Å². The number of ether oxygens (including phenoxy) is 2. The first-order valence-corrected chi connectivity index (χ1v) is 8.96. The van der Waals surface area contributed by atoms with E-state index < -0.39 is 5.97 Å². The maximum Gasteiger partial charge on any atom is 0.349 e. The molecule has 0 unspecified atom stereocenters. The second-order valence-corrected chi connectivity index (χ2v) is 6.48. The van der Waals surface area contributed by atoms with Crippen LogP contribution in [-0.4, -0.2) is 17.6 Å². The van der Waals surface area contributed by atoms with E-state index in [-0.39, 0.29) is 6.61 Å². The van der Waals surface area contributed by atoms with Crippen molar-refractivity contribution in [1.29, 1.82) is 0 Å². The molecular formula is C23H19NO4. The lowest BCUT2D eigenvalue weighted by molar-refractivity contribution is -0.136. The van der Waals surface area contributed by atoms with Gasteiger partial charge in [-0.2, -0.15) is 0 Å². The maximum absolute atomic E-state index is 12.2. The molecule has 0 N–H and O–H groups in total. The number of hydrogen-bond acceptors (Lipinski definition) is 5. The van der Waals surface area contributed by atoms with E-state index >= 15 is 0 Å². The highest BCUT2D eigenvalue weighted by Gasteiger charge is 2.12. The molecule has 4 aromatic rings. The van der Waals surface area contributed by atoms with Crippen molar-refractivity contribution in [3.05, 3.63) is 77.9 Å². The summed E-state index contributed by atoms with van der Waals surface area (Å²) in [5.74, 6) is 1.10. The van der Waals surface area contributed by atoms with E-state index in [1.54, 1.807) is 18.2 Å². The van der Waals surface area contributed by atoms with Gasteiger partial charge in [-0.25, -0.2) is 9.78 Å². The molecular weight excluding hydrogens is 354 g/mol. The Labute approximate surface area is 162 Å². The predicted octanol–water partition coefficient (Wildman–Crippen LogP) is 5.10. The van der Waals surface area contributed by atoms with Gasteiger partial charge in [-0.15, -0.1) is 0 Å². The molecule has 1 aromatic heterocycles. The van der Waals surface area contributed by atoms with Gasteiger partial charge in [0.05, 0.1) is 0 Å². The zero-order chi connectivity index (χ0) is 19.5. The zero-order valence-corrected chi connectivity index (χ0v) is 15.6. The standard InChI is InChI=1S/C23H19NO4/c1-15-7-6-10-20(16(15)2)26-14-22(25)27-18-11-12-19-21(13-18)28-23(24-19)17-8-4-3-5-9-17/h3-13H,14H2,1-2H3. The Hall–Kier alpha value is -3.60. The van der Waals surface area contributed by atoms with Crippen LogP contribution in [0.5, 0.6) is 11.5 Å². The molecule has 1 heterocycles. The Morgan fingerprint density at radius 3 is 2.64 bits per heavy atom. The first kappa shape index (κ1) is 17.8. The number of rotatable bonds is 5. The van der Waals surface area contributed by atoms with Gasteiger partial charge >= 0.3 is 5.97 Å². The smallest absolute Gasteiger partial charge is 0.349 e. The number of aryl methyl sites for hydroxylation is 1. The van der Waals surface area contributed by atoms with Crippen molar-refractivity contribution < 1.29 is 18.7 Å². The summed E-state index contributed by atoms with van der Waals surface area (Å²) in [6.07, 6.45) is 0. The lowest BCUT2D eigenvalue weighted by atomic mass is 10.1. The number of carbonyl (C=O) groups is 1. The molecule has 5 heteroatoms. The van der Waals surface area contributed by atoms with E-state index in [9.17, 15) is 4.79 Å². The van der Waals surface area contributed by atoms with Gasteiger partial charge in [-0.1, -0.05) is 30.3 Å². The SMILES string of the molecule is Cc1cccc(OCC(=O)Oc2ccc3nc(-c4ccccc4)oc3c2)c1C. The van der Waals surface area contributed by atoms with Crippen LogP contribution >= 0.6 is 0 Å². The average Bonchev–Trinajstić information content (AvgIpc) is 3.13. The Kier molecular flexibility index (Phi) is 4.81. The van der Waals surface area contributed by atoms with Crippen molar-refractivity contribution in [1.82, 2.24) is 4.98 Å². The summed E-state index contributed by atoms with van der Waals surface area (Å²) in [7, 11) is 0. The van der Waals surface area contributed by atoms with Crippen molar-refractivity contribution in [3.63, 3.8) is 0 Å². The molecule has 0 amide bonds. The van der Waals surface area contributed by atoms with Crippen LogP contribution in [0.25, 0.3) is 22.6 Å². The van der Waals surface area contributed by atoms with Crippen LogP contribution in [0.15, 0.2) is 71.1 Å². The highest BCUT2D eigenvalue weighted by molar-refractivity contribution is 5.80. The largest absolute Gasteiger partial charge is 0.482 e. The van der Waals surface area contributed by atoms with Gasteiger partial charge in [0, 0.05) is 11.6 Å². The van der Waals surface area contributed by atoms with E-state index in [1.165, 1.54) is 0 Å². The summed E-state index contributed by atoms with van der Waals surface area (Å²) >= 11 is 0. The first-order chi connectivity index (χ1) is 13.6. The second-order valence-electron chi connectivity index (χ2n) is 6.48. The maximum atomic E-state index is 12.2. The van der Waals surface area contributed by atoms with E-state index in [0.29, 0.717) is 28.5 Å². The molecule has 0 radical (unpaired) electrons. The number of oxazole rings is 1. The number of esters is 1. The molecule has 3 aromatic carbocycles. The lowest BCUT2D eigenvalue weighted by Crippen LogP contribution is -2.18. The number of aromatic nitrogens is 1. The van der Waals surface area contributed by atoms with E-state index in [4.69, 9.17) is 13.9 Å². The summed E-state index contributed by atoms with van der Waals surface area (Å²) in [6, 6.07) is 20.5. The fraction of sp³-hybridized carbons (Fsp3) is 0.130. The molecule has 140 valence electrons. The molecule has 0 bridgehead atoms. The van der Waals surface area contributed by atoms with Crippen LogP contribution in [0.3, 0.4) is 0 Å². The Balaban J connectivity index is 1.45. The molecule has 0 aliphatic carbocycles. The molecule has 0 atom stereocenters. The third kappa shape index (κ3) is 3.74. The summed E-state index contributed by atoms with van der Waals surface area (Å²) < 4.78 is 16.8. The van der Waals surface area contributed by atoms with Gasteiger partial charge in [0.1, 0.15) is 17.0 Å². The summed E-state index contributed by atoms with van der Waals surface area (Å²) in [6.45, 7) is 3.78. The Morgan fingerprint density at radius 2 is 1.82 bits per heavy atom. The molecule has 0 aliphatic heterocycles. The van der Waals surface area contributed by atoms with Gasteiger partial charge in [0.2, 0.25) is 5.89 Å². The minimum absolute atomic E-state index is 0.173.